The number of para-hydroxylation sites is 1. The molecule has 0 aliphatic carbocycles. The number of ether oxygens (including phenoxy) is 1. The van der Waals surface area contributed by atoms with Gasteiger partial charge in [-0.2, -0.15) is 0 Å². The molecule has 0 saturated heterocycles. The predicted molar refractivity (Wildman–Crippen MR) is 118 cm³/mol. The molecule has 0 spiro atoms. The summed E-state index contributed by atoms with van der Waals surface area (Å²) in [6, 6.07) is 14.7. The van der Waals surface area contributed by atoms with Crippen molar-refractivity contribution >= 4 is 45.7 Å². The number of hydrogen-bond acceptors (Lipinski definition) is 6. The third kappa shape index (κ3) is 6.85. The normalized spacial score (nSPS) is 11.5. The van der Waals surface area contributed by atoms with Crippen molar-refractivity contribution in [3.05, 3.63) is 71.5 Å². The molecule has 0 radical (unpaired) electrons. The van der Waals surface area contributed by atoms with Gasteiger partial charge in [0.1, 0.15) is 11.6 Å². The molecule has 2 amide bonds. The van der Waals surface area contributed by atoms with Crippen LogP contribution in [-0.4, -0.2) is 28.7 Å². The SMILES string of the molecule is CC(Oc1ccccc1)C(=O)Nc1nc(CSCC(=O)Nc2ccc(F)cc2)cs1. The summed E-state index contributed by atoms with van der Waals surface area (Å²) in [7, 11) is 0. The Kier molecular flexibility index (Phi) is 7.81. The van der Waals surface area contributed by atoms with Crippen molar-refractivity contribution in [2.24, 2.45) is 0 Å². The highest BCUT2D eigenvalue weighted by Gasteiger charge is 2.16. The fourth-order valence-electron chi connectivity index (χ4n) is 2.37. The number of benzene rings is 2. The van der Waals surface area contributed by atoms with E-state index in [0.717, 1.165) is 5.69 Å². The zero-order valence-corrected chi connectivity index (χ0v) is 17.8. The summed E-state index contributed by atoms with van der Waals surface area (Å²) >= 11 is 2.71. The van der Waals surface area contributed by atoms with Crippen molar-refractivity contribution in [2.45, 2.75) is 18.8 Å². The molecule has 0 saturated carbocycles. The number of aromatic nitrogens is 1. The molecular weight excluding hydrogens is 425 g/mol. The number of amides is 2. The number of nitrogens with one attached hydrogen (secondary N) is 2. The summed E-state index contributed by atoms with van der Waals surface area (Å²) in [6.45, 7) is 1.67. The Bertz CT molecular complexity index is 981. The Balaban J connectivity index is 1.40. The zero-order chi connectivity index (χ0) is 21.3. The van der Waals surface area contributed by atoms with E-state index in [-0.39, 0.29) is 23.4 Å². The molecule has 3 rings (SSSR count). The van der Waals surface area contributed by atoms with Crippen molar-refractivity contribution in [3.63, 3.8) is 0 Å². The van der Waals surface area contributed by atoms with E-state index >= 15 is 0 Å². The van der Waals surface area contributed by atoms with Crippen molar-refractivity contribution in [3.8, 4) is 5.75 Å². The van der Waals surface area contributed by atoms with Gasteiger partial charge in [-0.05, 0) is 43.3 Å². The number of carbonyl (C=O) groups excluding carboxylic acids is 2. The summed E-state index contributed by atoms with van der Waals surface area (Å²) in [6.07, 6.45) is -0.663. The fourth-order valence-corrected chi connectivity index (χ4v) is 3.91. The van der Waals surface area contributed by atoms with Crippen molar-refractivity contribution < 1.29 is 18.7 Å². The predicted octanol–water partition coefficient (Wildman–Crippen LogP) is 4.56. The van der Waals surface area contributed by atoms with E-state index in [1.807, 2.05) is 23.6 Å². The van der Waals surface area contributed by atoms with Gasteiger partial charge in [-0.3, -0.25) is 14.9 Å². The van der Waals surface area contributed by atoms with Gasteiger partial charge in [-0.25, -0.2) is 9.37 Å². The number of halogens is 1. The molecule has 30 heavy (non-hydrogen) atoms. The first-order valence-corrected chi connectivity index (χ1v) is 11.1. The third-order valence-corrected chi connectivity index (χ3v) is 5.59. The molecule has 0 aliphatic heterocycles. The molecule has 0 bridgehead atoms. The largest absolute Gasteiger partial charge is 0.481 e. The van der Waals surface area contributed by atoms with Crippen LogP contribution in [0.15, 0.2) is 60.0 Å². The second kappa shape index (κ2) is 10.7. The average molecular weight is 446 g/mol. The van der Waals surface area contributed by atoms with Gasteiger partial charge in [0.25, 0.3) is 5.91 Å². The molecule has 9 heteroatoms. The van der Waals surface area contributed by atoms with Gasteiger partial charge >= 0.3 is 0 Å². The molecular formula is C21H20FN3O3S2. The van der Waals surface area contributed by atoms with Crippen molar-refractivity contribution in [2.75, 3.05) is 16.4 Å². The van der Waals surface area contributed by atoms with Gasteiger partial charge < -0.3 is 10.1 Å². The first kappa shape index (κ1) is 21.8. The lowest BCUT2D eigenvalue weighted by Gasteiger charge is -2.13. The Morgan fingerprint density at radius 1 is 1.13 bits per heavy atom. The minimum Gasteiger partial charge on any atom is -0.481 e. The molecule has 156 valence electrons. The number of rotatable bonds is 9. The minimum absolute atomic E-state index is 0.178. The number of hydrogen-bond donors (Lipinski definition) is 2. The highest BCUT2D eigenvalue weighted by atomic mass is 32.2. The van der Waals surface area contributed by atoms with Crippen LogP contribution in [0.3, 0.4) is 0 Å². The van der Waals surface area contributed by atoms with Crippen LogP contribution in [0.2, 0.25) is 0 Å². The Morgan fingerprint density at radius 2 is 1.87 bits per heavy atom. The monoisotopic (exact) mass is 445 g/mol. The number of anilines is 2. The van der Waals surface area contributed by atoms with Crippen LogP contribution in [0, 0.1) is 5.82 Å². The summed E-state index contributed by atoms with van der Waals surface area (Å²) < 4.78 is 18.5. The third-order valence-electron chi connectivity index (χ3n) is 3.82. The van der Waals surface area contributed by atoms with Gasteiger partial charge in [-0.15, -0.1) is 23.1 Å². The highest BCUT2D eigenvalue weighted by molar-refractivity contribution is 7.99. The summed E-state index contributed by atoms with van der Waals surface area (Å²) in [5.41, 5.74) is 1.32. The lowest BCUT2D eigenvalue weighted by Crippen LogP contribution is -2.30. The topological polar surface area (TPSA) is 80.3 Å². The molecule has 1 aromatic heterocycles. The second-order valence-corrected chi connectivity index (χ2v) is 8.10. The maximum absolute atomic E-state index is 12.9. The number of thioether (sulfide) groups is 1. The highest BCUT2D eigenvalue weighted by Crippen LogP contribution is 2.20. The Morgan fingerprint density at radius 3 is 2.60 bits per heavy atom. The lowest BCUT2D eigenvalue weighted by atomic mass is 10.3. The summed E-state index contributed by atoms with van der Waals surface area (Å²) in [4.78, 5) is 28.6. The van der Waals surface area contributed by atoms with Crippen LogP contribution in [-0.2, 0) is 15.3 Å². The average Bonchev–Trinajstić information content (AvgIpc) is 3.17. The quantitative estimate of drug-likeness (QED) is 0.505. The van der Waals surface area contributed by atoms with E-state index in [0.29, 0.717) is 22.3 Å². The Hall–Kier alpha value is -2.91. The van der Waals surface area contributed by atoms with Crippen LogP contribution >= 0.6 is 23.1 Å². The van der Waals surface area contributed by atoms with Crippen LogP contribution < -0.4 is 15.4 Å². The maximum Gasteiger partial charge on any atom is 0.266 e. The molecule has 1 heterocycles. The maximum atomic E-state index is 12.9. The van der Waals surface area contributed by atoms with E-state index in [4.69, 9.17) is 4.74 Å². The Labute approximate surface area is 181 Å². The first-order chi connectivity index (χ1) is 14.5. The molecule has 0 aliphatic rings. The van der Waals surface area contributed by atoms with Crippen molar-refractivity contribution in [1.29, 1.82) is 0 Å². The van der Waals surface area contributed by atoms with Crippen LogP contribution in [0.25, 0.3) is 0 Å². The number of thiazole rings is 1. The fraction of sp³-hybridized carbons (Fsp3) is 0.190. The van der Waals surface area contributed by atoms with Crippen LogP contribution in [0.4, 0.5) is 15.2 Å². The van der Waals surface area contributed by atoms with E-state index in [9.17, 15) is 14.0 Å². The van der Waals surface area contributed by atoms with Gasteiger partial charge in [0.15, 0.2) is 11.2 Å². The first-order valence-electron chi connectivity index (χ1n) is 9.10. The second-order valence-electron chi connectivity index (χ2n) is 6.25. The summed E-state index contributed by atoms with van der Waals surface area (Å²) in [5, 5.41) is 7.76. The summed E-state index contributed by atoms with van der Waals surface area (Å²) in [5.74, 6) is 0.566. The van der Waals surface area contributed by atoms with E-state index in [1.165, 1.54) is 47.4 Å². The standard InChI is InChI=1S/C21H20FN3O3S2/c1-14(28-18-5-3-2-4-6-18)20(27)25-21-24-17(12-30-21)11-29-13-19(26)23-16-9-7-15(22)8-10-16/h2-10,12,14H,11,13H2,1H3,(H,23,26)(H,24,25,27). The number of carbonyl (C=O) groups is 2. The van der Waals surface area contributed by atoms with Gasteiger partial charge in [0.2, 0.25) is 5.91 Å². The van der Waals surface area contributed by atoms with Gasteiger partial charge in [0.05, 0.1) is 11.4 Å². The molecule has 1 unspecified atom stereocenters. The molecule has 1 atom stereocenters. The van der Waals surface area contributed by atoms with Crippen LogP contribution in [0.5, 0.6) is 5.75 Å². The van der Waals surface area contributed by atoms with Crippen molar-refractivity contribution in [1.82, 2.24) is 4.98 Å². The smallest absolute Gasteiger partial charge is 0.266 e. The van der Waals surface area contributed by atoms with E-state index in [1.54, 1.807) is 19.1 Å². The number of nitrogens with zero attached hydrogens (tertiary/aromatic N) is 1. The molecule has 6 nitrogen and oxygen atoms in total. The molecule has 0 fully saturated rings. The zero-order valence-electron chi connectivity index (χ0n) is 16.1. The van der Waals surface area contributed by atoms with E-state index in [2.05, 4.69) is 15.6 Å². The minimum atomic E-state index is -0.663. The van der Waals surface area contributed by atoms with E-state index < -0.39 is 6.10 Å². The van der Waals surface area contributed by atoms with Gasteiger partial charge in [0, 0.05) is 16.8 Å². The molecule has 3 aromatic rings. The molecule has 2 N–H and O–H groups in total. The van der Waals surface area contributed by atoms with Gasteiger partial charge in [-0.1, -0.05) is 18.2 Å². The lowest BCUT2D eigenvalue weighted by molar-refractivity contribution is -0.122. The van der Waals surface area contributed by atoms with Crippen LogP contribution in [0.1, 0.15) is 12.6 Å². The molecule has 2 aromatic carbocycles.